The third kappa shape index (κ3) is 4.75. The van der Waals surface area contributed by atoms with Crippen molar-refractivity contribution in [1.82, 2.24) is 5.32 Å². The van der Waals surface area contributed by atoms with Crippen LogP contribution in [0.4, 0.5) is 5.69 Å². The lowest BCUT2D eigenvalue weighted by Gasteiger charge is -2.26. The van der Waals surface area contributed by atoms with Crippen molar-refractivity contribution in [3.63, 3.8) is 0 Å². The summed E-state index contributed by atoms with van der Waals surface area (Å²) in [5.74, 6) is 2.27. The van der Waals surface area contributed by atoms with Crippen LogP contribution in [0, 0.1) is 0 Å². The minimum Gasteiger partial charge on any atom is -0.399 e. The number of nitrogens with one attached hydrogen (secondary N) is 1. The van der Waals surface area contributed by atoms with Gasteiger partial charge in [-0.3, -0.25) is 4.79 Å². The highest BCUT2D eigenvalue weighted by Gasteiger charge is 2.30. The maximum atomic E-state index is 12.4. The minimum atomic E-state index is -0.542. The molecule has 3 nitrogen and oxygen atoms in total. The molecule has 0 aliphatic heterocycles. The van der Waals surface area contributed by atoms with Crippen molar-refractivity contribution in [3.8, 4) is 0 Å². The van der Waals surface area contributed by atoms with E-state index in [9.17, 15) is 4.79 Å². The quantitative estimate of drug-likeness (QED) is 0.600. The number of carbonyl (C=O) groups excluding carboxylic acids is 1. The van der Waals surface area contributed by atoms with Gasteiger partial charge >= 0.3 is 0 Å². The fourth-order valence-corrected chi connectivity index (χ4v) is 2.72. The number of amides is 1. The predicted octanol–water partition coefficient (Wildman–Crippen LogP) is 3.19. The Bertz CT molecular complexity index is 429. The molecule has 0 aromatic heterocycles. The first kappa shape index (κ1) is 16.9. The van der Waals surface area contributed by atoms with Crippen molar-refractivity contribution in [2.24, 2.45) is 0 Å². The molecule has 0 spiro atoms. The van der Waals surface area contributed by atoms with Gasteiger partial charge < -0.3 is 11.1 Å². The van der Waals surface area contributed by atoms with Crippen LogP contribution in [-0.4, -0.2) is 23.5 Å². The molecule has 0 fully saturated rings. The Labute approximate surface area is 126 Å². The zero-order valence-corrected chi connectivity index (χ0v) is 13.7. The second kappa shape index (κ2) is 7.58. The van der Waals surface area contributed by atoms with E-state index >= 15 is 0 Å². The molecule has 0 radical (unpaired) electrons. The van der Waals surface area contributed by atoms with E-state index in [4.69, 9.17) is 5.73 Å². The molecular formula is C16H26N2OS. The summed E-state index contributed by atoms with van der Waals surface area (Å²) in [7, 11) is 0. The van der Waals surface area contributed by atoms with E-state index in [-0.39, 0.29) is 11.9 Å². The zero-order chi connectivity index (χ0) is 15.2. The number of thioether (sulfide) groups is 1. The number of hydrogen-bond acceptors (Lipinski definition) is 3. The van der Waals surface area contributed by atoms with E-state index in [0.29, 0.717) is 0 Å². The van der Waals surface area contributed by atoms with Gasteiger partial charge in [-0.1, -0.05) is 19.1 Å². The number of hydrogen-bond donors (Lipinski definition) is 2. The summed E-state index contributed by atoms with van der Waals surface area (Å²) in [5.41, 5.74) is 6.85. The van der Waals surface area contributed by atoms with Gasteiger partial charge in [-0.2, -0.15) is 11.8 Å². The molecule has 112 valence electrons. The number of anilines is 1. The summed E-state index contributed by atoms with van der Waals surface area (Å²) in [4.78, 5) is 12.4. The Balaban J connectivity index is 2.62. The highest BCUT2D eigenvalue weighted by molar-refractivity contribution is 7.99. The molecule has 0 heterocycles. The average Bonchev–Trinajstić information content (AvgIpc) is 2.39. The molecule has 20 heavy (non-hydrogen) atoms. The molecule has 0 aliphatic carbocycles. The van der Waals surface area contributed by atoms with E-state index in [1.165, 1.54) is 0 Å². The zero-order valence-electron chi connectivity index (χ0n) is 12.9. The molecule has 0 saturated heterocycles. The van der Waals surface area contributed by atoms with Gasteiger partial charge in [0.1, 0.15) is 0 Å². The van der Waals surface area contributed by atoms with E-state index < -0.39 is 5.41 Å². The first-order chi connectivity index (χ1) is 9.37. The van der Waals surface area contributed by atoms with Crippen LogP contribution in [0.1, 0.15) is 39.7 Å². The number of benzene rings is 1. The first-order valence-electron chi connectivity index (χ1n) is 7.12. The Morgan fingerprint density at radius 3 is 2.50 bits per heavy atom. The monoisotopic (exact) mass is 294 g/mol. The molecule has 1 amide bonds. The van der Waals surface area contributed by atoms with E-state index in [1.807, 2.05) is 49.9 Å². The molecule has 1 rings (SSSR count). The fraction of sp³-hybridized carbons (Fsp3) is 0.562. The van der Waals surface area contributed by atoms with Gasteiger partial charge in [-0.25, -0.2) is 0 Å². The second-order valence-electron chi connectivity index (χ2n) is 5.61. The van der Waals surface area contributed by atoms with Crippen molar-refractivity contribution < 1.29 is 4.79 Å². The Hall–Kier alpha value is -1.16. The Morgan fingerprint density at radius 2 is 1.95 bits per heavy atom. The lowest BCUT2D eigenvalue weighted by Crippen LogP contribution is -2.44. The topological polar surface area (TPSA) is 55.1 Å². The number of carbonyl (C=O) groups is 1. The highest BCUT2D eigenvalue weighted by atomic mass is 32.2. The van der Waals surface area contributed by atoms with Crippen LogP contribution in [0.25, 0.3) is 0 Å². The van der Waals surface area contributed by atoms with Gasteiger partial charge in [-0.05, 0) is 56.4 Å². The van der Waals surface area contributed by atoms with Crippen LogP contribution >= 0.6 is 11.8 Å². The molecular weight excluding hydrogens is 268 g/mol. The lowest BCUT2D eigenvalue weighted by atomic mass is 9.83. The molecule has 0 bridgehead atoms. The maximum absolute atomic E-state index is 12.4. The number of rotatable bonds is 7. The van der Waals surface area contributed by atoms with Gasteiger partial charge in [0.05, 0.1) is 5.41 Å². The summed E-state index contributed by atoms with van der Waals surface area (Å²) in [6.07, 6.45) is 1.00. The molecule has 1 aromatic rings. The number of nitrogen functional groups attached to an aromatic ring is 1. The van der Waals surface area contributed by atoms with Gasteiger partial charge in [0, 0.05) is 11.7 Å². The van der Waals surface area contributed by atoms with Crippen molar-refractivity contribution >= 4 is 23.4 Å². The molecule has 0 saturated carbocycles. The molecule has 1 atom stereocenters. The average molecular weight is 294 g/mol. The van der Waals surface area contributed by atoms with Crippen LogP contribution in [0.2, 0.25) is 0 Å². The smallest absolute Gasteiger partial charge is 0.230 e. The van der Waals surface area contributed by atoms with Gasteiger partial charge in [0.15, 0.2) is 0 Å². The third-order valence-corrected chi connectivity index (χ3v) is 4.41. The molecule has 0 aliphatic rings. The minimum absolute atomic E-state index is 0.0660. The van der Waals surface area contributed by atoms with Crippen LogP contribution < -0.4 is 11.1 Å². The van der Waals surface area contributed by atoms with Crippen molar-refractivity contribution in [2.45, 2.75) is 45.6 Å². The molecule has 4 heteroatoms. The summed E-state index contributed by atoms with van der Waals surface area (Å²) < 4.78 is 0. The Morgan fingerprint density at radius 1 is 1.35 bits per heavy atom. The van der Waals surface area contributed by atoms with Gasteiger partial charge in [-0.15, -0.1) is 0 Å². The van der Waals surface area contributed by atoms with E-state index in [1.54, 1.807) is 0 Å². The van der Waals surface area contributed by atoms with Crippen LogP contribution in [0.3, 0.4) is 0 Å². The molecule has 1 aromatic carbocycles. The SMILES string of the molecule is CCSCCC(C)NC(=O)C(C)(C)c1ccc(N)cc1. The standard InChI is InChI=1S/C16H26N2OS/c1-5-20-11-10-12(2)18-15(19)16(3,4)13-6-8-14(17)9-7-13/h6-9,12H,5,10-11,17H2,1-4H3,(H,18,19). The lowest BCUT2D eigenvalue weighted by molar-refractivity contribution is -0.126. The number of nitrogens with two attached hydrogens (primary N) is 1. The summed E-state index contributed by atoms with van der Waals surface area (Å²) >= 11 is 1.90. The molecule has 1 unspecified atom stereocenters. The van der Waals surface area contributed by atoms with Crippen LogP contribution in [-0.2, 0) is 10.2 Å². The normalized spacial score (nSPS) is 13.0. The third-order valence-electron chi connectivity index (χ3n) is 3.48. The highest BCUT2D eigenvalue weighted by Crippen LogP contribution is 2.24. The maximum Gasteiger partial charge on any atom is 0.230 e. The largest absolute Gasteiger partial charge is 0.399 e. The van der Waals surface area contributed by atoms with Crippen molar-refractivity contribution in [1.29, 1.82) is 0 Å². The predicted molar refractivity (Wildman–Crippen MR) is 89.1 cm³/mol. The Kier molecular flexibility index (Phi) is 6.40. The fourth-order valence-electron chi connectivity index (χ4n) is 1.91. The van der Waals surface area contributed by atoms with Crippen molar-refractivity contribution in [3.05, 3.63) is 29.8 Å². The first-order valence-corrected chi connectivity index (χ1v) is 8.28. The summed E-state index contributed by atoms with van der Waals surface area (Å²) in [5, 5.41) is 3.11. The van der Waals surface area contributed by atoms with Gasteiger partial charge in [0.2, 0.25) is 5.91 Å². The van der Waals surface area contributed by atoms with Crippen LogP contribution in [0.15, 0.2) is 24.3 Å². The van der Waals surface area contributed by atoms with E-state index in [2.05, 4.69) is 19.2 Å². The summed E-state index contributed by atoms with van der Waals surface area (Å²) in [6, 6.07) is 7.73. The van der Waals surface area contributed by atoms with Crippen LogP contribution in [0.5, 0.6) is 0 Å². The summed E-state index contributed by atoms with van der Waals surface area (Å²) in [6.45, 7) is 8.11. The van der Waals surface area contributed by atoms with E-state index in [0.717, 1.165) is 29.2 Å². The molecule has 3 N–H and O–H groups in total. The van der Waals surface area contributed by atoms with Crippen molar-refractivity contribution in [2.75, 3.05) is 17.2 Å². The van der Waals surface area contributed by atoms with Gasteiger partial charge in [0.25, 0.3) is 0 Å². The second-order valence-corrected chi connectivity index (χ2v) is 7.00.